The first-order valence-corrected chi connectivity index (χ1v) is 7.75. The number of benzene rings is 2. The van der Waals surface area contributed by atoms with Crippen LogP contribution in [0.5, 0.6) is 0 Å². The van der Waals surface area contributed by atoms with Crippen molar-refractivity contribution in [3.8, 4) is 0 Å². The van der Waals surface area contributed by atoms with Gasteiger partial charge in [0, 0.05) is 11.9 Å². The number of aliphatic hydroxyl groups excluding tert-OH is 1. The zero-order valence-electron chi connectivity index (χ0n) is 12.8. The van der Waals surface area contributed by atoms with Gasteiger partial charge in [0.05, 0.1) is 16.6 Å². The van der Waals surface area contributed by atoms with Gasteiger partial charge in [-0.3, -0.25) is 0 Å². The lowest BCUT2D eigenvalue weighted by atomic mass is 10.1. The van der Waals surface area contributed by atoms with Crippen molar-refractivity contribution in [2.75, 3.05) is 11.9 Å². The maximum Gasteiger partial charge on any atom is 0.297 e. The first-order chi connectivity index (χ1) is 12.0. The van der Waals surface area contributed by atoms with Gasteiger partial charge in [0.1, 0.15) is 11.6 Å². The molecule has 130 valence electrons. The normalized spacial score (nSPS) is 12.6. The monoisotopic (exact) mass is 367 g/mol. The molecule has 1 atom stereocenters. The molecule has 1 heterocycles. The maximum atomic E-state index is 13.5. The molecular weight excluding hydrogens is 355 g/mol. The molecule has 25 heavy (non-hydrogen) atoms. The van der Waals surface area contributed by atoms with Crippen LogP contribution in [0.1, 0.15) is 23.9 Å². The highest BCUT2D eigenvalue weighted by atomic mass is 35.5. The van der Waals surface area contributed by atoms with E-state index < -0.39 is 24.2 Å². The third-order valence-corrected chi connectivity index (χ3v) is 3.91. The Morgan fingerprint density at radius 1 is 1.12 bits per heavy atom. The lowest BCUT2D eigenvalue weighted by Crippen LogP contribution is -2.14. The highest BCUT2D eigenvalue weighted by molar-refractivity contribution is 6.30. The fraction of sp³-hybridized carbons (Fsp3) is 0.176. The molecule has 4 nitrogen and oxygen atoms in total. The molecule has 0 fully saturated rings. The summed E-state index contributed by atoms with van der Waals surface area (Å²) >= 11 is 5.61. The van der Waals surface area contributed by atoms with E-state index >= 15 is 0 Å². The van der Waals surface area contributed by atoms with Gasteiger partial charge in [0.25, 0.3) is 6.43 Å². The van der Waals surface area contributed by atoms with Crippen LogP contribution in [-0.4, -0.2) is 21.6 Å². The zero-order valence-corrected chi connectivity index (χ0v) is 13.5. The van der Waals surface area contributed by atoms with Crippen molar-refractivity contribution in [3.63, 3.8) is 0 Å². The van der Waals surface area contributed by atoms with Gasteiger partial charge in [-0.25, -0.2) is 23.1 Å². The minimum absolute atomic E-state index is 0.0488. The molecule has 0 saturated carbocycles. The summed E-state index contributed by atoms with van der Waals surface area (Å²) in [7, 11) is 0. The average molecular weight is 368 g/mol. The third-order valence-electron chi connectivity index (χ3n) is 3.61. The highest BCUT2D eigenvalue weighted by Crippen LogP contribution is 2.26. The summed E-state index contributed by atoms with van der Waals surface area (Å²) in [4.78, 5) is 7.63. The molecule has 0 amide bonds. The number of anilines is 1. The van der Waals surface area contributed by atoms with E-state index in [2.05, 4.69) is 15.3 Å². The fourth-order valence-electron chi connectivity index (χ4n) is 2.36. The lowest BCUT2D eigenvalue weighted by Gasteiger charge is -2.15. The molecule has 2 aromatic carbocycles. The Labute approximate surface area is 146 Å². The molecular formula is C17H13ClF3N3O. The summed E-state index contributed by atoms with van der Waals surface area (Å²) in [5, 5.41) is 13.5. The Hall–Kier alpha value is -2.38. The number of para-hydroxylation sites is 1. The van der Waals surface area contributed by atoms with E-state index in [1.807, 2.05) is 0 Å². The molecule has 1 unspecified atom stereocenters. The third kappa shape index (κ3) is 3.83. The van der Waals surface area contributed by atoms with Crippen LogP contribution in [0, 0.1) is 5.82 Å². The number of aliphatic hydroxyl groups is 1. The minimum Gasteiger partial charge on any atom is -0.387 e. The molecule has 0 radical (unpaired) electrons. The maximum absolute atomic E-state index is 13.5. The molecule has 3 rings (SSSR count). The molecule has 0 saturated heterocycles. The number of halogens is 4. The summed E-state index contributed by atoms with van der Waals surface area (Å²) in [5.74, 6) is -1.08. The largest absolute Gasteiger partial charge is 0.387 e. The minimum atomic E-state index is -2.82. The van der Waals surface area contributed by atoms with E-state index in [0.29, 0.717) is 16.5 Å². The van der Waals surface area contributed by atoms with Crippen molar-refractivity contribution < 1.29 is 18.3 Å². The second-order valence-electron chi connectivity index (χ2n) is 5.32. The Morgan fingerprint density at radius 3 is 2.60 bits per heavy atom. The Bertz CT molecular complexity index is 907. The first-order valence-electron chi connectivity index (χ1n) is 7.37. The van der Waals surface area contributed by atoms with Crippen LogP contribution in [0.25, 0.3) is 10.9 Å². The standard InChI is InChI=1S/C17H13ClF3N3O/c18-11-6-5-9(7-12(11)19)14(25)8-22-16-10-3-1-2-4-13(10)23-17(24-16)15(20)21/h1-7,14-15,25H,8H2,(H,22,23,24). The van der Waals surface area contributed by atoms with E-state index in [1.165, 1.54) is 12.1 Å². The van der Waals surface area contributed by atoms with Gasteiger partial charge >= 0.3 is 0 Å². The molecule has 0 spiro atoms. The van der Waals surface area contributed by atoms with E-state index in [1.54, 1.807) is 24.3 Å². The molecule has 1 aromatic heterocycles. The van der Waals surface area contributed by atoms with Gasteiger partial charge < -0.3 is 10.4 Å². The van der Waals surface area contributed by atoms with Crippen LogP contribution >= 0.6 is 11.6 Å². The SMILES string of the molecule is OC(CNc1nc(C(F)F)nc2ccccc12)c1ccc(Cl)c(F)c1. The Kier molecular flexibility index (Phi) is 5.06. The van der Waals surface area contributed by atoms with Gasteiger partial charge in [0.15, 0.2) is 5.82 Å². The average Bonchev–Trinajstić information content (AvgIpc) is 2.61. The van der Waals surface area contributed by atoms with E-state index in [-0.39, 0.29) is 17.4 Å². The van der Waals surface area contributed by atoms with Crippen molar-refractivity contribution in [3.05, 3.63) is 64.7 Å². The number of nitrogens with one attached hydrogen (secondary N) is 1. The summed E-state index contributed by atoms with van der Waals surface area (Å²) in [6.07, 6.45) is -3.89. The molecule has 0 bridgehead atoms. The summed E-state index contributed by atoms with van der Waals surface area (Å²) < 4.78 is 39.4. The van der Waals surface area contributed by atoms with Crippen LogP contribution in [0.15, 0.2) is 42.5 Å². The van der Waals surface area contributed by atoms with Crippen LogP contribution in [-0.2, 0) is 0 Å². The Morgan fingerprint density at radius 2 is 1.88 bits per heavy atom. The molecule has 8 heteroatoms. The number of nitrogens with zero attached hydrogens (tertiary/aromatic N) is 2. The number of hydrogen-bond acceptors (Lipinski definition) is 4. The Balaban J connectivity index is 1.85. The van der Waals surface area contributed by atoms with Crippen molar-refractivity contribution in [1.82, 2.24) is 9.97 Å². The van der Waals surface area contributed by atoms with Crippen LogP contribution in [0.4, 0.5) is 19.0 Å². The smallest absolute Gasteiger partial charge is 0.297 e. The number of hydrogen-bond donors (Lipinski definition) is 2. The van der Waals surface area contributed by atoms with Gasteiger partial charge in [-0.1, -0.05) is 29.8 Å². The van der Waals surface area contributed by atoms with Crippen molar-refractivity contribution in [2.24, 2.45) is 0 Å². The van der Waals surface area contributed by atoms with Crippen LogP contribution < -0.4 is 5.32 Å². The van der Waals surface area contributed by atoms with E-state index in [4.69, 9.17) is 11.6 Å². The van der Waals surface area contributed by atoms with Crippen molar-refractivity contribution >= 4 is 28.3 Å². The lowest BCUT2D eigenvalue weighted by molar-refractivity contribution is 0.141. The highest BCUT2D eigenvalue weighted by Gasteiger charge is 2.16. The van der Waals surface area contributed by atoms with Gasteiger partial charge in [-0.15, -0.1) is 0 Å². The molecule has 0 aliphatic rings. The predicted molar refractivity (Wildman–Crippen MR) is 89.4 cm³/mol. The van der Waals surface area contributed by atoms with Gasteiger partial charge in [-0.05, 0) is 29.8 Å². The zero-order chi connectivity index (χ0) is 18.0. The summed E-state index contributed by atoms with van der Waals surface area (Å²) in [6, 6.07) is 10.6. The number of fused-ring (bicyclic) bond motifs is 1. The molecule has 2 N–H and O–H groups in total. The fourth-order valence-corrected chi connectivity index (χ4v) is 2.48. The van der Waals surface area contributed by atoms with Crippen LogP contribution in [0.3, 0.4) is 0 Å². The quantitative estimate of drug-likeness (QED) is 0.697. The summed E-state index contributed by atoms with van der Waals surface area (Å²) in [6.45, 7) is -0.0508. The number of rotatable bonds is 5. The van der Waals surface area contributed by atoms with Gasteiger partial charge in [0.2, 0.25) is 0 Å². The topological polar surface area (TPSA) is 58.0 Å². The molecule has 0 aliphatic carbocycles. The molecule has 0 aliphatic heterocycles. The second kappa shape index (κ2) is 7.25. The summed E-state index contributed by atoms with van der Waals surface area (Å²) in [5.41, 5.74) is 0.671. The van der Waals surface area contributed by atoms with Crippen molar-refractivity contribution in [1.29, 1.82) is 0 Å². The van der Waals surface area contributed by atoms with E-state index in [0.717, 1.165) is 6.07 Å². The van der Waals surface area contributed by atoms with Gasteiger partial charge in [-0.2, -0.15) is 0 Å². The first kappa shape index (κ1) is 17.4. The molecule has 3 aromatic rings. The van der Waals surface area contributed by atoms with Crippen LogP contribution in [0.2, 0.25) is 5.02 Å². The second-order valence-corrected chi connectivity index (χ2v) is 5.73. The van der Waals surface area contributed by atoms with E-state index in [9.17, 15) is 18.3 Å². The van der Waals surface area contributed by atoms with Crippen molar-refractivity contribution in [2.45, 2.75) is 12.5 Å². The number of aromatic nitrogens is 2. The number of alkyl halides is 2. The predicted octanol–water partition coefficient (Wildman–Crippen LogP) is 4.51.